The minimum absolute atomic E-state index is 0.382. The number of nitrogens with one attached hydrogen (secondary N) is 1. The number of hydrogen-bond donors (Lipinski definition) is 1. The highest BCUT2D eigenvalue weighted by Crippen LogP contribution is 2.21. The molecule has 1 aliphatic heterocycles. The number of piperidine rings is 1. The maximum Gasteiger partial charge on any atom is 0.240 e. The first-order valence-electron chi connectivity index (χ1n) is 8.76. The summed E-state index contributed by atoms with van der Waals surface area (Å²) in [7, 11) is -3.45. The van der Waals surface area contributed by atoms with Crippen LogP contribution in [0.3, 0.4) is 0 Å². The fourth-order valence-corrected chi connectivity index (χ4v) is 4.72. The third kappa shape index (κ3) is 4.71. The molecule has 1 aromatic carbocycles. The molecule has 0 radical (unpaired) electrons. The van der Waals surface area contributed by atoms with E-state index in [2.05, 4.69) is 9.62 Å². The molecule has 0 amide bonds. The van der Waals surface area contributed by atoms with Crippen molar-refractivity contribution >= 4 is 10.0 Å². The zero-order valence-corrected chi connectivity index (χ0v) is 15.7. The van der Waals surface area contributed by atoms with E-state index in [9.17, 15) is 8.42 Å². The first kappa shape index (κ1) is 18.2. The minimum atomic E-state index is -3.45. The lowest BCUT2D eigenvalue weighted by Gasteiger charge is -2.31. The van der Waals surface area contributed by atoms with Gasteiger partial charge in [0.05, 0.1) is 17.7 Å². The van der Waals surface area contributed by atoms with Gasteiger partial charge in [-0.25, -0.2) is 13.1 Å². The molecule has 1 N–H and O–H groups in total. The summed E-state index contributed by atoms with van der Waals surface area (Å²) < 4.78 is 33.4. The van der Waals surface area contributed by atoms with Crippen LogP contribution >= 0.6 is 0 Å². The van der Waals surface area contributed by atoms with Crippen molar-refractivity contribution in [1.82, 2.24) is 9.62 Å². The molecular weight excluding hydrogens is 336 g/mol. The Kier molecular flexibility index (Phi) is 5.61. The fraction of sp³-hybridized carbons (Fsp3) is 0.474. The van der Waals surface area contributed by atoms with Crippen molar-refractivity contribution in [2.24, 2.45) is 5.92 Å². The maximum absolute atomic E-state index is 12.6. The molecule has 1 aromatic heterocycles. The predicted molar refractivity (Wildman–Crippen MR) is 97.8 cm³/mol. The van der Waals surface area contributed by atoms with E-state index in [0.29, 0.717) is 17.4 Å². The van der Waals surface area contributed by atoms with Gasteiger partial charge in [-0.3, -0.25) is 4.90 Å². The molecule has 2 aromatic rings. The Morgan fingerprint density at radius 1 is 1.20 bits per heavy atom. The average Bonchev–Trinajstić information content (AvgIpc) is 3.09. The molecule has 0 spiro atoms. The normalized spacial score (nSPS) is 17.0. The molecule has 0 bridgehead atoms. The lowest BCUT2D eigenvalue weighted by atomic mass is 9.97. The standard InChI is InChI=1S/C19H26N2O3S/c1-15-5-6-16(2)19(12-15)25(22,23)20-13-17-7-9-21(10-8-17)14-18-4-3-11-24-18/h3-6,11-12,17,20H,7-10,13-14H2,1-2H3. The largest absolute Gasteiger partial charge is 0.468 e. The highest BCUT2D eigenvalue weighted by molar-refractivity contribution is 7.89. The number of rotatable bonds is 6. The lowest BCUT2D eigenvalue weighted by Crippen LogP contribution is -2.38. The number of aryl methyl sites for hydroxylation is 2. The van der Waals surface area contributed by atoms with E-state index < -0.39 is 10.0 Å². The Balaban J connectivity index is 1.51. The van der Waals surface area contributed by atoms with Crippen molar-refractivity contribution in [2.75, 3.05) is 19.6 Å². The van der Waals surface area contributed by atoms with Crippen molar-refractivity contribution < 1.29 is 12.8 Å². The van der Waals surface area contributed by atoms with Crippen LogP contribution in [-0.4, -0.2) is 33.0 Å². The predicted octanol–water partition coefficient (Wildman–Crippen LogP) is 3.09. The third-order valence-electron chi connectivity index (χ3n) is 4.86. The molecule has 6 heteroatoms. The van der Waals surface area contributed by atoms with Gasteiger partial charge in [0.15, 0.2) is 0 Å². The quantitative estimate of drug-likeness (QED) is 0.858. The van der Waals surface area contributed by atoms with Crippen LogP contribution in [0.5, 0.6) is 0 Å². The number of likely N-dealkylation sites (tertiary alicyclic amines) is 1. The van der Waals surface area contributed by atoms with Gasteiger partial charge in [-0.2, -0.15) is 0 Å². The monoisotopic (exact) mass is 362 g/mol. The van der Waals surface area contributed by atoms with Gasteiger partial charge >= 0.3 is 0 Å². The number of furan rings is 1. The summed E-state index contributed by atoms with van der Waals surface area (Å²) in [6.45, 7) is 7.01. The van der Waals surface area contributed by atoms with Crippen LogP contribution in [0.1, 0.15) is 29.7 Å². The number of nitrogens with zero attached hydrogens (tertiary/aromatic N) is 1. The molecule has 25 heavy (non-hydrogen) atoms. The Bertz CT molecular complexity index is 792. The van der Waals surface area contributed by atoms with Gasteiger partial charge < -0.3 is 4.42 Å². The van der Waals surface area contributed by atoms with Crippen molar-refractivity contribution in [3.63, 3.8) is 0 Å². The number of benzene rings is 1. The van der Waals surface area contributed by atoms with E-state index in [0.717, 1.165) is 49.4 Å². The van der Waals surface area contributed by atoms with Crippen LogP contribution in [0.15, 0.2) is 45.9 Å². The Morgan fingerprint density at radius 2 is 1.96 bits per heavy atom. The van der Waals surface area contributed by atoms with Gasteiger partial charge in [0.25, 0.3) is 0 Å². The molecule has 1 fully saturated rings. The van der Waals surface area contributed by atoms with E-state index in [1.54, 1.807) is 12.3 Å². The van der Waals surface area contributed by atoms with Crippen LogP contribution in [0.25, 0.3) is 0 Å². The molecule has 0 unspecified atom stereocenters. The second-order valence-electron chi connectivity index (χ2n) is 6.92. The van der Waals surface area contributed by atoms with Gasteiger partial charge in [-0.1, -0.05) is 12.1 Å². The first-order valence-corrected chi connectivity index (χ1v) is 10.2. The van der Waals surface area contributed by atoms with Gasteiger partial charge in [0, 0.05) is 6.54 Å². The van der Waals surface area contributed by atoms with Crippen LogP contribution in [0.4, 0.5) is 0 Å². The molecule has 0 atom stereocenters. The van der Waals surface area contributed by atoms with Gasteiger partial charge in [0.1, 0.15) is 5.76 Å². The van der Waals surface area contributed by atoms with E-state index in [4.69, 9.17) is 4.42 Å². The Hall–Kier alpha value is -1.63. The summed E-state index contributed by atoms with van der Waals surface area (Å²) in [6.07, 6.45) is 3.69. The average molecular weight is 362 g/mol. The van der Waals surface area contributed by atoms with Gasteiger partial charge in [0.2, 0.25) is 10.0 Å². The molecule has 0 saturated carbocycles. The lowest BCUT2D eigenvalue weighted by molar-refractivity contribution is 0.168. The molecule has 1 aliphatic rings. The summed E-state index contributed by atoms with van der Waals surface area (Å²) in [5.41, 5.74) is 1.74. The summed E-state index contributed by atoms with van der Waals surface area (Å²) in [5, 5.41) is 0. The summed E-state index contributed by atoms with van der Waals surface area (Å²) in [6, 6.07) is 9.43. The number of hydrogen-bond acceptors (Lipinski definition) is 4. The zero-order chi connectivity index (χ0) is 17.9. The molecule has 1 saturated heterocycles. The fourth-order valence-electron chi connectivity index (χ4n) is 3.27. The maximum atomic E-state index is 12.6. The second kappa shape index (κ2) is 7.72. The molecule has 3 rings (SSSR count). The van der Waals surface area contributed by atoms with E-state index in [-0.39, 0.29) is 0 Å². The Morgan fingerprint density at radius 3 is 2.64 bits per heavy atom. The van der Waals surface area contributed by atoms with Gasteiger partial charge in [-0.15, -0.1) is 0 Å². The molecule has 5 nitrogen and oxygen atoms in total. The molecular formula is C19H26N2O3S. The summed E-state index contributed by atoms with van der Waals surface area (Å²) in [5.74, 6) is 1.36. The smallest absolute Gasteiger partial charge is 0.240 e. The van der Waals surface area contributed by atoms with Crippen LogP contribution in [0, 0.1) is 19.8 Å². The topological polar surface area (TPSA) is 62.6 Å². The molecule has 2 heterocycles. The van der Waals surface area contributed by atoms with Crippen LogP contribution in [0.2, 0.25) is 0 Å². The summed E-state index contributed by atoms with van der Waals surface area (Å²) in [4.78, 5) is 2.75. The summed E-state index contributed by atoms with van der Waals surface area (Å²) >= 11 is 0. The van der Waals surface area contributed by atoms with Crippen LogP contribution < -0.4 is 4.72 Å². The van der Waals surface area contributed by atoms with Gasteiger partial charge in [-0.05, 0) is 75.0 Å². The van der Waals surface area contributed by atoms with Crippen LogP contribution in [-0.2, 0) is 16.6 Å². The Labute approximate surface area is 150 Å². The van der Waals surface area contributed by atoms with E-state index >= 15 is 0 Å². The highest BCUT2D eigenvalue weighted by Gasteiger charge is 2.23. The molecule has 136 valence electrons. The second-order valence-corrected chi connectivity index (χ2v) is 8.66. The minimum Gasteiger partial charge on any atom is -0.468 e. The van der Waals surface area contributed by atoms with E-state index in [1.165, 1.54) is 0 Å². The van der Waals surface area contributed by atoms with E-state index in [1.807, 2.05) is 38.1 Å². The molecule has 0 aliphatic carbocycles. The zero-order valence-electron chi connectivity index (χ0n) is 14.9. The first-order chi connectivity index (χ1) is 11.9. The third-order valence-corrected chi connectivity index (χ3v) is 6.43. The van der Waals surface area contributed by atoms with Crippen molar-refractivity contribution in [1.29, 1.82) is 0 Å². The van der Waals surface area contributed by atoms with Crippen molar-refractivity contribution in [2.45, 2.75) is 38.1 Å². The SMILES string of the molecule is Cc1ccc(C)c(S(=O)(=O)NCC2CCN(Cc3ccco3)CC2)c1. The van der Waals surface area contributed by atoms with Crippen molar-refractivity contribution in [3.05, 3.63) is 53.5 Å². The number of sulfonamides is 1. The van der Waals surface area contributed by atoms with Crippen molar-refractivity contribution in [3.8, 4) is 0 Å². The highest BCUT2D eigenvalue weighted by atomic mass is 32.2.